The summed E-state index contributed by atoms with van der Waals surface area (Å²) in [5, 5.41) is 13.6. The van der Waals surface area contributed by atoms with Gasteiger partial charge in [-0.15, -0.1) is 11.3 Å². The molecule has 2 aliphatic carbocycles. The van der Waals surface area contributed by atoms with Gasteiger partial charge in [0.05, 0.1) is 5.69 Å². The number of thiazole rings is 1. The summed E-state index contributed by atoms with van der Waals surface area (Å²) < 4.78 is 0. The normalized spacial score (nSPS) is 28.3. The van der Waals surface area contributed by atoms with E-state index in [1.807, 2.05) is 0 Å². The van der Waals surface area contributed by atoms with E-state index >= 15 is 0 Å². The van der Waals surface area contributed by atoms with Gasteiger partial charge in [-0.1, -0.05) is 13.8 Å². The van der Waals surface area contributed by atoms with Crippen LogP contribution >= 0.6 is 11.3 Å². The molecule has 1 aromatic heterocycles. The van der Waals surface area contributed by atoms with Gasteiger partial charge >= 0.3 is 5.97 Å². The Hall–Kier alpha value is -1.10. The number of nitrogens with zero attached hydrogens (tertiary/aromatic N) is 1. The standard InChI is InChI=1S/C14H20N2O2S/c1-14(2)6-5-8(7-14)15-13-16-11-9(12(17)18)3-4-10(11)19-13/h8-9H,3-7H2,1-2H3,(H,15,16)(H,17,18). The average Bonchev–Trinajstić information content (AvgIpc) is 2.92. The number of rotatable bonds is 3. The first-order valence-electron chi connectivity index (χ1n) is 6.93. The van der Waals surface area contributed by atoms with Gasteiger partial charge in [0.1, 0.15) is 5.92 Å². The molecule has 4 nitrogen and oxygen atoms in total. The lowest BCUT2D eigenvalue weighted by Gasteiger charge is -2.17. The predicted octanol–water partition coefficient (Wildman–Crippen LogP) is 3.25. The first-order valence-corrected chi connectivity index (χ1v) is 7.75. The van der Waals surface area contributed by atoms with Crippen molar-refractivity contribution in [1.82, 2.24) is 4.98 Å². The van der Waals surface area contributed by atoms with Gasteiger partial charge in [-0.2, -0.15) is 0 Å². The molecule has 1 aromatic rings. The Balaban J connectivity index is 1.71. The Morgan fingerprint density at radius 3 is 2.89 bits per heavy atom. The van der Waals surface area contributed by atoms with E-state index in [0.717, 1.165) is 22.1 Å². The minimum atomic E-state index is -0.738. The van der Waals surface area contributed by atoms with Crippen molar-refractivity contribution in [2.24, 2.45) is 5.41 Å². The van der Waals surface area contributed by atoms with Crippen molar-refractivity contribution in [3.05, 3.63) is 10.6 Å². The maximum Gasteiger partial charge on any atom is 0.312 e. The zero-order chi connectivity index (χ0) is 13.6. The first kappa shape index (κ1) is 12.9. The average molecular weight is 280 g/mol. The molecule has 0 saturated heterocycles. The predicted molar refractivity (Wildman–Crippen MR) is 75.9 cm³/mol. The van der Waals surface area contributed by atoms with E-state index in [2.05, 4.69) is 24.1 Å². The maximum absolute atomic E-state index is 11.1. The third-order valence-corrected chi connectivity index (χ3v) is 5.37. The highest BCUT2D eigenvalue weighted by atomic mass is 32.1. The van der Waals surface area contributed by atoms with Gasteiger partial charge in [0, 0.05) is 10.9 Å². The van der Waals surface area contributed by atoms with Gasteiger partial charge in [0.2, 0.25) is 0 Å². The first-order chi connectivity index (χ1) is 8.94. The van der Waals surface area contributed by atoms with Crippen LogP contribution in [0, 0.1) is 5.41 Å². The number of nitrogens with one attached hydrogen (secondary N) is 1. The summed E-state index contributed by atoms with van der Waals surface area (Å²) in [6.45, 7) is 4.61. The zero-order valence-electron chi connectivity index (χ0n) is 11.4. The van der Waals surface area contributed by atoms with Crippen LogP contribution in [0.25, 0.3) is 0 Å². The van der Waals surface area contributed by atoms with Crippen LogP contribution in [-0.4, -0.2) is 22.1 Å². The minimum Gasteiger partial charge on any atom is -0.481 e. The van der Waals surface area contributed by atoms with E-state index in [1.54, 1.807) is 11.3 Å². The number of anilines is 1. The molecule has 0 aliphatic heterocycles. The van der Waals surface area contributed by atoms with Crippen molar-refractivity contribution in [3.63, 3.8) is 0 Å². The van der Waals surface area contributed by atoms with Gasteiger partial charge in [-0.25, -0.2) is 4.98 Å². The van der Waals surface area contributed by atoms with Crippen molar-refractivity contribution < 1.29 is 9.90 Å². The molecule has 0 spiro atoms. The molecular formula is C14H20N2O2S. The highest BCUT2D eigenvalue weighted by Crippen LogP contribution is 2.41. The van der Waals surface area contributed by atoms with E-state index in [0.29, 0.717) is 17.9 Å². The van der Waals surface area contributed by atoms with Crippen LogP contribution in [0.5, 0.6) is 0 Å². The lowest BCUT2D eigenvalue weighted by Crippen LogP contribution is -2.17. The number of aliphatic carboxylic acids is 1. The van der Waals surface area contributed by atoms with Crippen LogP contribution in [-0.2, 0) is 11.2 Å². The summed E-state index contributed by atoms with van der Waals surface area (Å²) >= 11 is 1.64. The Morgan fingerprint density at radius 1 is 1.47 bits per heavy atom. The summed E-state index contributed by atoms with van der Waals surface area (Å²) in [6.07, 6.45) is 5.16. The van der Waals surface area contributed by atoms with Crippen molar-refractivity contribution in [2.45, 2.75) is 57.9 Å². The van der Waals surface area contributed by atoms with E-state index < -0.39 is 5.97 Å². The number of fused-ring (bicyclic) bond motifs is 1. The largest absolute Gasteiger partial charge is 0.481 e. The van der Waals surface area contributed by atoms with Gasteiger partial charge in [-0.05, 0) is 37.5 Å². The summed E-state index contributed by atoms with van der Waals surface area (Å²) in [6, 6.07) is 0.490. The van der Waals surface area contributed by atoms with Crippen molar-refractivity contribution in [2.75, 3.05) is 5.32 Å². The summed E-state index contributed by atoms with van der Waals surface area (Å²) in [5.41, 5.74) is 1.22. The van der Waals surface area contributed by atoms with Crippen molar-refractivity contribution in [1.29, 1.82) is 0 Å². The molecule has 0 amide bonds. The molecule has 0 bridgehead atoms. The van der Waals surface area contributed by atoms with Gasteiger partial charge in [0.25, 0.3) is 0 Å². The number of aryl methyl sites for hydroxylation is 1. The molecule has 1 fully saturated rings. The minimum absolute atomic E-state index is 0.387. The van der Waals surface area contributed by atoms with Crippen LogP contribution in [0.15, 0.2) is 0 Å². The number of carboxylic acids is 1. The van der Waals surface area contributed by atoms with Gasteiger partial charge in [-0.3, -0.25) is 4.79 Å². The lowest BCUT2D eigenvalue weighted by atomic mass is 9.92. The highest BCUT2D eigenvalue weighted by Gasteiger charge is 2.34. The van der Waals surface area contributed by atoms with E-state index in [1.165, 1.54) is 19.3 Å². The smallest absolute Gasteiger partial charge is 0.312 e. The van der Waals surface area contributed by atoms with Crippen molar-refractivity contribution in [3.8, 4) is 0 Å². The molecule has 2 N–H and O–H groups in total. The van der Waals surface area contributed by atoms with Crippen LogP contribution < -0.4 is 5.32 Å². The fraction of sp³-hybridized carbons (Fsp3) is 0.714. The molecule has 0 aromatic carbocycles. The van der Waals surface area contributed by atoms with Gasteiger partial charge < -0.3 is 10.4 Å². The van der Waals surface area contributed by atoms with Crippen LogP contribution in [0.4, 0.5) is 5.13 Å². The van der Waals surface area contributed by atoms with Gasteiger partial charge in [0.15, 0.2) is 5.13 Å². The summed E-state index contributed by atoms with van der Waals surface area (Å²) in [4.78, 5) is 16.8. The molecule has 1 heterocycles. The summed E-state index contributed by atoms with van der Waals surface area (Å²) in [7, 11) is 0. The molecule has 5 heteroatoms. The highest BCUT2D eigenvalue weighted by molar-refractivity contribution is 7.15. The SMILES string of the molecule is CC1(C)CCC(Nc2nc3c(s2)CCC3C(=O)O)C1. The molecule has 1 saturated carbocycles. The van der Waals surface area contributed by atoms with E-state index in [4.69, 9.17) is 5.11 Å². The lowest BCUT2D eigenvalue weighted by molar-refractivity contribution is -0.138. The monoisotopic (exact) mass is 280 g/mol. The second-order valence-corrected chi connectivity index (χ2v) is 7.59. The Kier molecular flexibility index (Phi) is 3.04. The quantitative estimate of drug-likeness (QED) is 0.892. The van der Waals surface area contributed by atoms with Crippen molar-refractivity contribution >= 4 is 22.4 Å². The fourth-order valence-corrected chi connectivity index (χ4v) is 4.38. The number of hydrogen-bond donors (Lipinski definition) is 2. The number of carboxylic acid groups (broad SMARTS) is 1. The summed E-state index contributed by atoms with van der Waals surface area (Å²) in [5.74, 6) is -1.13. The van der Waals surface area contributed by atoms with Crippen LogP contribution in [0.2, 0.25) is 0 Å². The second-order valence-electron chi connectivity index (χ2n) is 6.51. The van der Waals surface area contributed by atoms with Crippen LogP contribution in [0.1, 0.15) is 56.0 Å². The number of aromatic nitrogens is 1. The third-order valence-electron chi connectivity index (χ3n) is 4.31. The molecule has 3 rings (SSSR count). The third kappa shape index (κ3) is 2.48. The Bertz CT molecular complexity index is 510. The molecule has 2 unspecified atom stereocenters. The Labute approximate surface area is 117 Å². The number of carbonyl (C=O) groups is 1. The molecular weight excluding hydrogens is 260 g/mol. The molecule has 2 aliphatic rings. The molecule has 0 radical (unpaired) electrons. The maximum atomic E-state index is 11.1. The van der Waals surface area contributed by atoms with E-state index in [-0.39, 0.29) is 5.92 Å². The van der Waals surface area contributed by atoms with E-state index in [9.17, 15) is 4.79 Å². The second kappa shape index (κ2) is 4.47. The number of hydrogen-bond acceptors (Lipinski definition) is 4. The molecule has 2 atom stereocenters. The molecule has 19 heavy (non-hydrogen) atoms. The fourth-order valence-electron chi connectivity index (χ4n) is 3.26. The molecule has 104 valence electrons. The van der Waals surface area contributed by atoms with Crippen LogP contribution in [0.3, 0.4) is 0 Å². The Morgan fingerprint density at radius 2 is 2.26 bits per heavy atom. The topological polar surface area (TPSA) is 62.2 Å². The zero-order valence-corrected chi connectivity index (χ0v) is 12.2.